The van der Waals surface area contributed by atoms with Crippen LogP contribution in [0.25, 0.3) is 0 Å². The Labute approximate surface area is 156 Å². The maximum Gasteiger partial charge on any atom is 0.321 e. The quantitative estimate of drug-likeness (QED) is 0.759. The first-order valence-electron chi connectivity index (χ1n) is 8.03. The molecular weight excluding hydrogens is 382 g/mol. The van der Waals surface area contributed by atoms with Crippen LogP contribution in [-0.2, 0) is 11.3 Å². The van der Waals surface area contributed by atoms with E-state index in [9.17, 15) is 9.59 Å². The van der Waals surface area contributed by atoms with Crippen molar-refractivity contribution in [3.63, 3.8) is 0 Å². The van der Waals surface area contributed by atoms with Crippen molar-refractivity contribution in [2.24, 2.45) is 5.92 Å². The Kier molecular flexibility index (Phi) is 6.58. The van der Waals surface area contributed by atoms with Crippen LogP contribution in [0.15, 0.2) is 53.0 Å². The van der Waals surface area contributed by atoms with Crippen molar-refractivity contribution in [3.05, 3.63) is 58.6 Å². The highest BCUT2D eigenvalue weighted by atomic mass is 79.9. The van der Waals surface area contributed by atoms with Gasteiger partial charge in [-0.25, -0.2) is 4.79 Å². The summed E-state index contributed by atoms with van der Waals surface area (Å²) in [6, 6.07) is 14.7. The molecule has 5 nitrogen and oxygen atoms in total. The number of hydrogen-bond donors (Lipinski definition) is 2. The fraction of sp³-hybridized carbons (Fsp3) is 0.263. The molecule has 0 atom stereocenters. The van der Waals surface area contributed by atoms with Crippen LogP contribution in [0.5, 0.6) is 0 Å². The van der Waals surface area contributed by atoms with E-state index in [1.165, 1.54) is 0 Å². The summed E-state index contributed by atoms with van der Waals surface area (Å²) in [5, 5.41) is 5.66. The number of nitrogens with one attached hydrogen (secondary N) is 2. The van der Waals surface area contributed by atoms with Gasteiger partial charge in [0.05, 0.1) is 0 Å². The molecule has 0 spiro atoms. The first-order chi connectivity index (χ1) is 11.9. The minimum Gasteiger partial charge on any atom is -0.326 e. The van der Waals surface area contributed by atoms with Crippen LogP contribution in [0, 0.1) is 5.92 Å². The summed E-state index contributed by atoms with van der Waals surface area (Å²) in [4.78, 5) is 25.6. The van der Waals surface area contributed by atoms with Crippen molar-refractivity contribution in [1.29, 1.82) is 0 Å². The van der Waals surface area contributed by atoms with Crippen LogP contribution in [0.4, 0.5) is 16.2 Å². The van der Waals surface area contributed by atoms with E-state index in [4.69, 9.17) is 0 Å². The fourth-order valence-corrected chi connectivity index (χ4v) is 2.51. The average molecular weight is 404 g/mol. The molecule has 2 rings (SSSR count). The van der Waals surface area contributed by atoms with Crippen molar-refractivity contribution in [2.45, 2.75) is 20.4 Å². The number of nitrogens with zero attached hydrogens (tertiary/aromatic N) is 1. The third kappa shape index (κ3) is 5.60. The third-order valence-electron chi connectivity index (χ3n) is 3.64. The lowest BCUT2D eigenvalue weighted by atomic mass is 10.2. The molecule has 0 aliphatic carbocycles. The first-order valence-corrected chi connectivity index (χ1v) is 8.82. The third-order valence-corrected chi connectivity index (χ3v) is 4.41. The number of anilines is 2. The monoisotopic (exact) mass is 403 g/mol. The van der Waals surface area contributed by atoms with Crippen LogP contribution >= 0.6 is 15.9 Å². The van der Waals surface area contributed by atoms with Gasteiger partial charge in [-0.1, -0.05) is 48.0 Å². The predicted molar refractivity (Wildman–Crippen MR) is 105 cm³/mol. The molecule has 2 N–H and O–H groups in total. The summed E-state index contributed by atoms with van der Waals surface area (Å²) in [6.45, 7) is 4.17. The number of amides is 3. The highest BCUT2D eigenvalue weighted by molar-refractivity contribution is 9.10. The zero-order valence-corrected chi connectivity index (χ0v) is 16.1. The zero-order valence-electron chi connectivity index (χ0n) is 14.5. The van der Waals surface area contributed by atoms with Crippen molar-refractivity contribution in [3.8, 4) is 0 Å². The van der Waals surface area contributed by atoms with Gasteiger partial charge in [0.15, 0.2) is 0 Å². The summed E-state index contributed by atoms with van der Waals surface area (Å²) in [5.41, 5.74) is 2.41. The van der Waals surface area contributed by atoms with Gasteiger partial charge in [0, 0.05) is 35.4 Å². The van der Waals surface area contributed by atoms with Crippen LogP contribution in [-0.4, -0.2) is 23.9 Å². The van der Waals surface area contributed by atoms with Gasteiger partial charge in [0.2, 0.25) is 5.91 Å². The van der Waals surface area contributed by atoms with E-state index in [-0.39, 0.29) is 17.9 Å². The molecule has 0 aromatic heterocycles. The van der Waals surface area contributed by atoms with Crippen molar-refractivity contribution in [1.82, 2.24) is 4.90 Å². The van der Waals surface area contributed by atoms with E-state index in [0.717, 1.165) is 10.0 Å². The molecule has 0 aliphatic heterocycles. The van der Waals surface area contributed by atoms with Gasteiger partial charge < -0.3 is 15.5 Å². The van der Waals surface area contributed by atoms with Gasteiger partial charge in [-0.2, -0.15) is 0 Å². The minimum absolute atomic E-state index is 0.0371. The summed E-state index contributed by atoms with van der Waals surface area (Å²) in [7, 11) is 1.74. The fourth-order valence-electron chi connectivity index (χ4n) is 2.10. The number of hydrogen-bond acceptors (Lipinski definition) is 2. The molecule has 0 bridgehead atoms. The van der Waals surface area contributed by atoms with Crippen molar-refractivity contribution < 1.29 is 9.59 Å². The highest BCUT2D eigenvalue weighted by Crippen LogP contribution is 2.18. The molecule has 132 valence electrons. The Morgan fingerprint density at radius 1 is 1.00 bits per heavy atom. The predicted octanol–water partition coefficient (Wildman–Crippen LogP) is 4.71. The van der Waals surface area contributed by atoms with Crippen molar-refractivity contribution >= 4 is 39.2 Å². The summed E-state index contributed by atoms with van der Waals surface area (Å²) >= 11 is 3.49. The van der Waals surface area contributed by atoms with E-state index >= 15 is 0 Å². The van der Waals surface area contributed by atoms with E-state index in [0.29, 0.717) is 17.9 Å². The number of benzene rings is 2. The van der Waals surface area contributed by atoms with Gasteiger partial charge in [-0.05, 0) is 35.9 Å². The minimum atomic E-state index is -0.199. The molecule has 2 aromatic carbocycles. The van der Waals surface area contributed by atoms with Crippen molar-refractivity contribution in [2.75, 3.05) is 17.7 Å². The molecule has 0 fully saturated rings. The molecule has 6 heteroatoms. The Balaban J connectivity index is 1.93. The summed E-state index contributed by atoms with van der Waals surface area (Å²) in [6.07, 6.45) is 0. The molecule has 25 heavy (non-hydrogen) atoms. The second-order valence-corrected chi connectivity index (χ2v) is 6.95. The standard InChI is InChI=1S/C19H22BrN3O2/c1-13(2)18(24)21-15-8-10-16(11-9-15)22-19(25)23(3)12-14-6-4-5-7-17(14)20/h4-11,13H,12H2,1-3H3,(H,21,24)(H,22,25). The molecule has 0 aliphatic rings. The van der Waals surface area contributed by atoms with Gasteiger partial charge in [-0.3, -0.25) is 4.79 Å². The number of halogens is 1. The van der Waals surface area contributed by atoms with Gasteiger partial charge in [0.25, 0.3) is 0 Å². The number of rotatable bonds is 5. The topological polar surface area (TPSA) is 61.4 Å². The van der Waals surface area contributed by atoms with E-state index in [1.807, 2.05) is 38.1 Å². The van der Waals surface area contributed by atoms with E-state index in [2.05, 4.69) is 26.6 Å². The van der Waals surface area contributed by atoms with Gasteiger partial charge in [-0.15, -0.1) is 0 Å². The zero-order chi connectivity index (χ0) is 18.4. The SMILES string of the molecule is CC(C)C(=O)Nc1ccc(NC(=O)N(C)Cc2ccccc2Br)cc1. The normalized spacial score (nSPS) is 10.4. The number of urea groups is 1. The molecular formula is C19H22BrN3O2. The summed E-state index contributed by atoms with van der Waals surface area (Å²) < 4.78 is 0.972. The lowest BCUT2D eigenvalue weighted by Crippen LogP contribution is -2.30. The molecule has 0 heterocycles. The lowest BCUT2D eigenvalue weighted by Gasteiger charge is -2.19. The Morgan fingerprint density at radius 2 is 1.56 bits per heavy atom. The van der Waals surface area contributed by atoms with Crippen LogP contribution in [0.1, 0.15) is 19.4 Å². The Hall–Kier alpha value is -2.34. The van der Waals surface area contributed by atoms with Gasteiger partial charge >= 0.3 is 6.03 Å². The number of carbonyl (C=O) groups excluding carboxylic acids is 2. The molecule has 3 amide bonds. The highest BCUT2D eigenvalue weighted by Gasteiger charge is 2.11. The van der Waals surface area contributed by atoms with Crippen LogP contribution < -0.4 is 10.6 Å². The molecule has 0 radical (unpaired) electrons. The largest absolute Gasteiger partial charge is 0.326 e. The Morgan fingerprint density at radius 3 is 2.12 bits per heavy atom. The lowest BCUT2D eigenvalue weighted by molar-refractivity contribution is -0.118. The Bertz CT molecular complexity index is 745. The second kappa shape index (κ2) is 8.67. The first kappa shape index (κ1) is 19.0. The molecule has 0 unspecified atom stereocenters. The smallest absolute Gasteiger partial charge is 0.321 e. The second-order valence-electron chi connectivity index (χ2n) is 6.10. The average Bonchev–Trinajstić information content (AvgIpc) is 2.58. The molecule has 2 aromatic rings. The van der Waals surface area contributed by atoms with Gasteiger partial charge in [0.1, 0.15) is 0 Å². The molecule has 0 saturated carbocycles. The maximum absolute atomic E-state index is 12.3. The van der Waals surface area contributed by atoms with E-state index < -0.39 is 0 Å². The summed E-state index contributed by atoms with van der Waals surface area (Å²) in [5.74, 6) is -0.115. The van der Waals surface area contributed by atoms with Crippen LogP contribution in [0.2, 0.25) is 0 Å². The van der Waals surface area contributed by atoms with E-state index in [1.54, 1.807) is 36.2 Å². The maximum atomic E-state index is 12.3. The van der Waals surface area contributed by atoms with Crippen LogP contribution in [0.3, 0.4) is 0 Å². The number of carbonyl (C=O) groups is 2. The molecule has 0 saturated heterocycles.